The highest BCUT2D eigenvalue weighted by atomic mass is 15.3. The summed E-state index contributed by atoms with van der Waals surface area (Å²) in [5.41, 5.74) is 9.77. The van der Waals surface area contributed by atoms with Gasteiger partial charge in [0.25, 0.3) is 0 Å². The monoisotopic (exact) mass is 346 g/mol. The van der Waals surface area contributed by atoms with Gasteiger partial charge in [-0.2, -0.15) is 15.4 Å². The predicted octanol–water partition coefficient (Wildman–Crippen LogP) is 3.97. The van der Waals surface area contributed by atoms with E-state index in [2.05, 4.69) is 76.4 Å². The van der Waals surface area contributed by atoms with Crippen LogP contribution in [0.5, 0.6) is 0 Å². The highest BCUT2D eigenvalue weighted by Crippen LogP contribution is 2.27. The Morgan fingerprint density at radius 1 is 1.12 bits per heavy atom. The summed E-state index contributed by atoms with van der Waals surface area (Å²) in [6.45, 7) is 9.16. The molecule has 0 unspecified atom stereocenters. The van der Waals surface area contributed by atoms with E-state index in [1.807, 2.05) is 6.92 Å². The Balaban J connectivity index is 1.79. The fraction of sp³-hybridized carbons (Fsp3) is 0.250. The Hall–Kier alpha value is -3.15. The lowest BCUT2D eigenvalue weighted by molar-refractivity contribution is 0.941. The van der Waals surface area contributed by atoms with Crippen molar-refractivity contribution < 1.29 is 0 Å². The number of hydrogen-bond donors (Lipinski definition) is 2. The summed E-state index contributed by atoms with van der Waals surface area (Å²) in [5, 5.41) is 14.4. The Kier molecular flexibility index (Phi) is 3.95. The van der Waals surface area contributed by atoms with Crippen molar-refractivity contribution in [1.82, 2.24) is 24.8 Å². The molecule has 132 valence electrons. The number of aryl methyl sites for hydroxylation is 4. The zero-order valence-electron chi connectivity index (χ0n) is 15.5. The van der Waals surface area contributed by atoms with E-state index < -0.39 is 0 Å². The van der Waals surface area contributed by atoms with Crippen molar-refractivity contribution >= 4 is 11.3 Å². The van der Waals surface area contributed by atoms with E-state index in [0.717, 1.165) is 40.5 Å². The highest BCUT2D eigenvalue weighted by molar-refractivity contribution is 5.75. The van der Waals surface area contributed by atoms with Gasteiger partial charge >= 0.3 is 0 Å². The van der Waals surface area contributed by atoms with Gasteiger partial charge in [0.1, 0.15) is 5.69 Å². The number of hydrogen-bond acceptors (Lipinski definition) is 4. The molecular formula is C20H22N6. The zero-order chi connectivity index (χ0) is 18.3. The number of rotatable bonds is 4. The molecule has 6 heteroatoms. The average molecular weight is 346 g/mol. The lowest BCUT2D eigenvalue weighted by atomic mass is 10.0. The Labute approximate surface area is 152 Å². The number of pyridine rings is 1. The van der Waals surface area contributed by atoms with Crippen LogP contribution in [0.2, 0.25) is 0 Å². The average Bonchev–Trinajstić information content (AvgIpc) is 3.24. The number of fused-ring (bicyclic) bond motifs is 1. The molecule has 0 radical (unpaired) electrons. The van der Waals surface area contributed by atoms with Crippen LogP contribution in [-0.4, -0.2) is 24.8 Å². The largest absolute Gasteiger partial charge is 0.378 e. The van der Waals surface area contributed by atoms with E-state index in [1.54, 1.807) is 6.20 Å². The SMILES string of the molecule is Cc1cccc(C)c1CNc1cc(-c2cn[nH]n2)cn2c(C)c(C)nc12. The Morgan fingerprint density at radius 2 is 1.88 bits per heavy atom. The van der Waals surface area contributed by atoms with Crippen molar-refractivity contribution in [3.8, 4) is 11.3 Å². The fourth-order valence-corrected chi connectivity index (χ4v) is 3.29. The third kappa shape index (κ3) is 2.73. The quantitative estimate of drug-likeness (QED) is 0.587. The van der Waals surface area contributed by atoms with Crippen LogP contribution < -0.4 is 5.32 Å². The molecule has 0 aliphatic rings. The number of aromatic nitrogens is 5. The van der Waals surface area contributed by atoms with Crippen LogP contribution in [0.3, 0.4) is 0 Å². The van der Waals surface area contributed by atoms with Gasteiger partial charge in [0.15, 0.2) is 5.65 Å². The minimum atomic E-state index is 0.751. The molecule has 0 aliphatic heterocycles. The van der Waals surface area contributed by atoms with Gasteiger partial charge in [0.2, 0.25) is 0 Å². The number of nitrogens with zero attached hydrogens (tertiary/aromatic N) is 4. The van der Waals surface area contributed by atoms with Gasteiger partial charge in [-0.1, -0.05) is 18.2 Å². The molecule has 4 aromatic rings. The first kappa shape index (κ1) is 16.3. The zero-order valence-corrected chi connectivity index (χ0v) is 15.5. The summed E-state index contributed by atoms with van der Waals surface area (Å²) in [5.74, 6) is 0. The van der Waals surface area contributed by atoms with Crippen LogP contribution in [0.25, 0.3) is 16.9 Å². The van der Waals surface area contributed by atoms with Gasteiger partial charge in [-0.3, -0.25) is 0 Å². The summed E-state index contributed by atoms with van der Waals surface area (Å²) in [6.07, 6.45) is 3.79. The van der Waals surface area contributed by atoms with Crippen LogP contribution >= 0.6 is 0 Å². The lowest BCUT2D eigenvalue weighted by Gasteiger charge is -2.14. The molecule has 0 atom stereocenters. The standard InChI is InChI=1S/C20H22N6/c1-12-6-5-7-13(2)17(12)9-21-18-8-16(19-10-22-25-24-19)11-26-15(4)14(3)23-20(18)26/h5-8,10-11,21H,9H2,1-4H3,(H,22,24,25). The normalized spacial score (nSPS) is 11.2. The van der Waals surface area contributed by atoms with Gasteiger partial charge in [0.05, 0.1) is 17.6 Å². The molecule has 3 heterocycles. The molecule has 0 saturated carbocycles. The van der Waals surface area contributed by atoms with E-state index in [1.165, 1.54) is 16.7 Å². The number of aromatic amines is 1. The van der Waals surface area contributed by atoms with E-state index in [9.17, 15) is 0 Å². The van der Waals surface area contributed by atoms with Crippen LogP contribution in [0.15, 0.2) is 36.7 Å². The molecule has 0 aliphatic carbocycles. The van der Waals surface area contributed by atoms with Gasteiger partial charge < -0.3 is 9.72 Å². The maximum atomic E-state index is 4.75. The molecule has 3 aromatic heterocycles. The third-order valence-electron chi connectivity index (χ3n) is 5.01. The summed E-state index contributed by atoms with van der Waals surface area (Å²) in [4.78, 5) is 4.75. The van der Waals surface area contributed by atoms with Crippen LogP contribution in [-0.2, 0) is 6.54 Å². The van der Waals surface area contributed by atoms with Crippen LogP contribution in [0, 0.1) is 27.7 Å². The lowest BCUT2D eigenvalue weighted by Crippen LogP contribution is -2.05. The van der Waals surface area contributed by atoms with Gasteiger partial charge in [-0.25, -0.2) is 4.98 Å². The number of nitrogens with one attached hydrogen (secondary N) is 2. The molecule has 26 heavy (non-hydrogen) atoms. The van der Waals surface area contributed by atoms with Crippen molar-refractivity contribution in [3.63, 3.8) is 0 Å². The Morgan fingerprint density at radius 3 is 2.58 bits per heavy atom. The first-order valence-electron chi connectivity index (χ1n) is 8.69. The minimum Gasteiger partial charge on any atom is -0.378 e. The molecule has 0 bridgehead atoms. The number of anilines is 1. The van der Waals surface area contributed by atoms with Crippen LogP contribution in [0.4, 0.5) is 5.69 Å². The van der Waals surface area contributed by atoms with Crippen molar-refractivity contribution in [2.45, 2.75) is 34.2 Å². The molecule has 4 rings (SSSR count). The van der Waals surface area contributed by atoms with Crippen molar-refractivity contribution in [2.75, 3.05) is 5.32 Å². The fourth-order valence-electron chi connectivity index (χ4n) is 3.29. The molecule has 6 nitrogen and oxygen atoms in total. The maximum Gasteiger partial charge on any atom is 0.160 e. The van der Waals surface area contributed by atoms with E-state index >= 15 is 0 Å². The number of H-pyrrole nitrogens is 1. The van der Waals surface area contributed by atoms with E-state index in [-0.39, 0.29) is 0 Å². The highest BCUT2D eigenvalue weighted by Gasteiger charge is 2.13. The molecule has 0 amide bonds. The molecule has 0 spiro atoms. The first-order chi connectivity index (χ1) is 12.5. The number of imidazole rings is 1. The predicted molar refractivity (Wildman–Crippen MR) is 103 cm³/mol. The van der Waals surface area contributed by atoms with Gasteiger partial charge in [0, 0.05) is 24.0 Å². The molecule has 1 aromatic carbocycles. The van der Waals surface area contributed by atoms with Crippen molar-refractivity contribution in [2.24, 2.45) is 0 Å². The van der Waals surface area contributed by atoms with Gasteiger partial charge in [-0.15, -0.1) is 0 Å². The summed E-state index contributed by atoms with van der Waals surface area (Å²) in [7, 11) is 0. The molecule has 2 N–H and O–H groups in total. The second kappa shape index (κ2) is 6.29. The smallest absolute Gasteiger partial charge is 0.160 e. The van der Waals surface area contributed by atoms with Crippen molar-refractivity contribution in [1.29, 1.82) is 0 Å². The van der Waals surface area contributed by atoms with E-state index in [4.69, 9.17) is 4.98 Å². The summed E-state index contributed by atoms with van der Waals surface area (Å²) >= 11 is 0. The van der Waals surface area contributed by atoms with Crippen LogP contribution in [0.1, 0.15) is 28.1 Å². The second-order valence-corrected chi connectivity index (χ2v) is 6.70. The maximum absolute atomic E-state index is 4.75. The Bertz CT molecular complexity index is 1060. The minimum absolute atomic E-state index is 0.751. The second-order valence-electron chi connectivity index (χ2n) is 6.70. The first-order valence-corrected chi connectivity index (χ1v) is 8.69. The summed E-state index contributed by atoms with van der Waals surface area (Å²) < 4.78 is 2.12. The van der Waals surface area contributed by atoms with Crippen molar-refractivity contribution in [3.05, 3.63) is 64.7 Å². The summed E-state index contributed by atoms with van der Waals surface area (Å²) in [6, 6.07) is 8.48. The molecule has 0 fully saturated rings. The molecular weight excluding hydrogens is 324 g/mol. The van der Waals surface area contributed by atoms with Gasteiger partial charge in [-0.05, 0) is 50.5 Å². The van der Waals surface area contributed by atoms with E-state index in [0.29, 0.717) is 0 Å². The number of benzene rings is 1. The molecule has 0 saturated heterocycles. The topological polar surface area (TPSA) is 70.9 Å². The third-order valence-corrected chi connectivity index (χ3v) is 5.01.